The van der Waals surface area contributed by atoms with Crippen molar-refractivity contribution in [3.05, 3.63) is 218 Å². The number of para-hydroxylation sites is 1. The number of fused-ring (bicyclic) bond motifs is 7. The normalized spacial score (nSPS) is 11.7. The highest BCUT2D eigenvalue weighted by atomic mass is 31.1. The third-order valence-electron chi connectivity index (χ3n) is 11.4. The maximum Gasteiger partial charge on any atom is 0.0788 e. The summed E-state index contributed by atoms with van der Waals surface area (Å²) in [5.41, 5.74) is 8.09. The minimum atomic E-state index is -0.700. The van der Waals surface area contributed by atoms with Crippen molar-refractivity contribution in [3.63, 3.8) is 0 Å². The van der Waals surface area contributed by atoms with Crippen molar-refractivity contribution in [2.45, 2.75) is 0 Å². The molecule has 2 heteroatoms. The van der Waals surface area contributed by atoms with Crippen LogP contribution in [0.1, 0.15) is 0 Å². The zero-order valence-corrected chi connectivity index (χ0v) is 32.1. The van der Waals surface area contributed by atoms with Gasteiger partial charge in [0.25, 0.3) is 0 Å². The van der Waals surface area contributed by atoms with E-state index < -0.39 is 7.92 Å². The lowest BCUT2D eigenvalue weighted by atomic mass is 9.83. The van der Waals surface area contributed by atoms with Crippen molar-refractivity contribution in [1.29, 1.82) is 0 Å². The summed E-state index contributed by atoms with van der Waals surface area (Å²) >= 11 is 0. The van der Waals surface area contributed by atoms with Crippen LogP contribution >= 0.6 is 7.92 Å². The predicted molar refractivity (Wildman–Crippen MR) is 247 cm³/mol. The fourth-order valence-electron chi connectivity index (χ4n) is 8.95. The minimum Gasteiger partial charge on any atom is -0.247 e. The molecule has 0 bridgehead atoms. The monoisotopic (exact) mass is 741 g/mol. The van der Waals surface area contributed by atoms with Gasteiger partial charge in [0.05, 0.1) is 11.2 Å². The van der Waals surface area contributed by atoms with E-state index in [2.05, 4.69) is 218 Å². The molecule has 0 N–H and O–H groups in total. The average molecular weight is 742 g/mol. The van der Waals surface area contributed by atoms with Gasteiger partial charge in [0.1, 0.15) is 0 Å². The van der Waals surface area contributed by atoms with Gasteiger partial charge in [-0.2, -0.15) is 0 Å². The first-order chi connectivity index (χ1) is 28.3. The Labute approximate surface area is 333 Å². The Bertz CT molecular complexity index is 3170. The first-order valence-corrected chi connectivity index (χ1v) is 20.9. The van der Waals surface area contributed by atoms with E-state index in [-0.39, 0.29) is 0 Å². The minimum absolute atomic E-state index is 0.700. The molecule has 0 aliphatic carbocycles. The summed E-state index contributed by atoms with van der Waals surface area (Å²) in [5, 5.41) is 15.1. The molecule has 0 amide bonds. The molecule has 11 aromatic rings. The maximum absolute atomic E-state index is 5.35. The summed E-state index contributed by atoms with van der Waals surface area (Å²) in [4.78, 5) is 5.35. The van der Waals surface area contributed by atoms with Gasteiger partial charge in [-0.15, -0.1) is 0 Å². The molecule has 11 rings (SSSR count). The van der Waals surface area contributed by atoms with Crippen molar-refractivity contribution < 1.29 is 0 Å². The zero-order valence-electron chi connectivity index (χ0n) is 31.2. The molecule has 0 saturated carbocycles. The summed E-state index contributed by atoms with van der Waals surface area (Å²) in [6.45, 7) is 0. The van der Waals surface area contributed by atoms with Gasteiger partial charge in [0, 0.05) is 21.7 Å². The Balaban J connectivity index is 1.18. The van der Waals surface area contributed by atoms with E-state index in [1.165, 1.54) is 81.3 Å². The Hall–Kier alpha value is -6.92. The highest BCUT2D eigenvalue weighted by molar-refractivity contribution is 7.79. The molecule has 1 heterocycles. The Kier molecular flexibility index (Phi) is 8.20. The van der Waals surface area contributed by atoms with Gasteiger partial charge in [-0.25, -0.2) is 4.98 Å². The zero-order chi connectivity index (χ0) is 37.7. The van der Waals surface area contributed by atoms with E-state index in [9.17, 15) is 0 Å². The second kappa shape index (κ2) is 14.0. The van der Waals surface area contributed by atoms with E-state index in [1.54, 1.807) is 0 Å². The van der Waals surface area contributed by atoms with Gasteiger partial charge in [-0.1, -0.05) is 206 Å². The van der Waals surface area contributed by atoms with Crippen LogP contribution < -0.4 is 15.9 Å². The van der Waals surface area contributed by atoms with Crippen molar-refractivity contribution in [2.75, 3.05) is 0 Å². The van der Waals surface area contributed by atoms with Crippen LogP contribution in [-0.4, -0.2) is 4.98 Å². The largest absolute Gasteiger partial charge is 0.247 e. The summed E-state index contributed by atoms with van der Waals surface area (Å²) in [6.07, 6.45) is 0. The Morgan fingerprint density at radius 2 is 0.737 bits per heavy atom. The molecule has 0 aliphatic rings. The van der Waals surface area contributed by atoms with Crippen molar-refractivity contribution >= 4 is 77.8 Å². The van der Waals surface area contributed by atoms with Crippen LogP contribution in [0, 0.1) is 0 Å². The molecule has 0 aliphatic heterocycles. The molecule has 0 radical (unpaired) electrons. The number of hydrogen-bond donors (Lipinski definition) is 0. The second-order valence-corrected chi connectivity index (χ2v) is 16.9. The SMILES string of the molecule is c1ccc(-c2nc3ccccc3c3c2cc(-c2c4ccccc4c(-c4ccc(P(c5ccccc5)c5ccccc5)cc4)c4ccccc24)c2ccccc23)cc1. The number of benzene rings is 10. The van der Waals surface area contributed by atoms with Gasteiger partial charge < -0.3 is 0 Å². The molecule has 0 spiro atoms. The summed E-state index contributed by atoms with van der Waals surface area (Å²) in [7, 11) is -0.700. The average Bonchev–Trinajstić information content (AvgIpc) is 3.29. The van der Waals surface area contributed by atoms with E-state index in [0.717, 1.165) is 22.2 Å². The fraction of sp³-hybridized carbons (Fsp3) is 0. The highest BCUT2D eigenvalue weighted by Crippen LogP contribution is 2.48. The Morgan fingerprint density at radius 3 is 1.32 bits per heavy atom. The molecular weight excluding hydrogens is 706 g/mol. The summed E-state index contributed by atoms with van der Waals surface area (Å²) < 4.78 is 0. The number of pyridine rings is 1. The van der Waals surface area contributed by atoms with Gasteiger partial charge in [-0.05, 0) is 90.5 Å². The first kappa shape index (κ1) is 33.4. The molecule has 266 valence electrons. The summed E-state index contributed by atoms with van der Waals surface area (Å²) in [6, 6.07) is 79.9. The molecule has 0 fully saturated rings. The lowest BCUT2D eigenvalue weighted by Crippen LogP contribution is -2.20. The Morgan fingerprint density at radius 1 is 0.298 bits per heavy atom. The number of aromatic nitrogens is 1. The van der Waals surface area contributed by atoms with E-state index in [0.29, 0.717) is 0 Å². The molecule has 1 aromatic heterocycles. The van der Waals surface area contributed by atoms with Crippen molar-refractivity contribution in [1.82, 2.24) is 4.98 Å². The number of hydrogen-bond acceptors (Lipinski definition) is 1. The van der Waals surface area contributed by atoms with Crippen molar-refractivity contribution in [2.24, 2.45) is 0 Å². The standard InChI is InChI=1S/C55H36NP/c1-4-18-38(19-5-1)55-50-36-49(42-24-10-11-25-43(42)54(50)48-30-16-17-31-51(48)56-55)53-46-28-14-12-26-44(46)52(45-27-13-15-29-47(45)53)37-32-34-41(35-33-37)57(39-20-6-2-7-21-39)40-22-8-3-9-23-40/h1-36H. The highest BCUT2D eigenvalue weighted by Gasteiger charge is 2.22. The molecule has 10 aromatic carbocycles. The number of nitrogens with zero attached hydrogens (tertiary/aromatic N) is 1. The predicted octanol–water partition coefficient (Wildman–Crippen LogP) is 13.6. The molecule has 0 unspecified atom stereocenters. The summed E-state index contributed by atoms with van der Waals surface area (Å²) in [5.74, 6) is 0. The van der Waals surface area contributed by atoms with Crippen LogP contribution in [0.3, 0.4) is 0 Å². The van der Waals surface area contributed by atoms with Crippen LogP contribution in [0.4, 0.5) is 0 Å². The molecule has 0 saturated heterocycles. The van der Waals surface area contributed by atoms with E-state index >= 15 is 0 Å². The second-order valence-electron chi connectivity index (χ2n) is 14.6. The molecule has 0 atom stereocenters. The number of rotatable bonds is 6. The van der Waals surface area contributed by atoms with E-state index in [4.69, 9.17) is 4.98 Å². The fourth-order valence-corrected chi connectivity index (χ4v) is 11.2. The van der Waals surface area contributed by atoms with Crippen LogP contribution in [0.25, 0.3) is 87.5 Å². The topological polar surface area (TPSA) is 12.9 Å². The molecule has 57 heavy (non-hydrogen) atoms. The van der Waals surface area contributed by atoms with Crippen LogP contribution in [0.15, 0.2) is 218 Å². The lowest BCUT2D eigenvalue weighted by molar-refractivity contribution is 1.43. The van der Waals surface area contributed by atoms with Crippen LogP contribution in [0.2, 0.25) is 0 Å². The van der Waals surface area contributed by atoms with Gasteiger partial charge >= 0.3 is 0 Å². The maximum atomic E-state index is 5.35. The quantitative estimate of drug-likeness (QED) is 0.0939. The third-order valence-corrected chi connectivity index (χ3v) is 13.8. The third kappa shape index (κ3) is 5.62. The smallest absolute Gasteiger partial charge is 0.0788 e. The van der Waals surface area contributed by atoms with Gasteiger partial charge in [-0.3, -0.25) is 0 Å². The van der Waals surface area contributed by atoms with Crippen molar-refractivity contribution in [3.8, 4) is 33.5 Å². The first-order valence-electron chi connectivity index (χ1n) is 19.6. The van der Waals surface area contributed by atoms with E-state index in [1.807, 2.05) is 0 Å². The molecule has 1 nitrogen and oxygen atoms in total. The van der Waals surface area contributed by atoms with Gasteiger partial charge in [0.15, 0.2) is 0 Å². The molecular formula is C55H36NP. The van der Waals surface area contributed by atoms with Gasteiger partial charge in [0.2, 0.25) is 0 Å². The van der Waals surface area contributed by atoms with Crippen LogP contribution in [-0.2, 0) is 0 Å². The lowest BCUT2D eigenvalue weighted by Gasteiger charge is -2.22. The van der Waals surface area contributed by atoms with Crippen LogP contribution in [0.5, 0.6) is 0 Å².